The van der Waals surface area contributed by atoms with Crippen molar-refractivity contribution >= 4 is 11.9 Å². The van der Waals surface area contributed by atoms with Gasteiger partial charge >= 0.3 is 0 Å². The van der Waals surface area contributed by atoms with Crippen LogP contribution in [0.1, 0.15) is 46.0 Å². The van der Waals surface area contributed by atoms with Crippen LogP contribution in [0.3, 0.4) is 0 Å². The van der Waals surface area contributed by atoms with E-state index in [0.29, 0.717) is 12.0 Å². The number of guanidine groups is 1. The van der Waals surface area contributed by atoms with Crippen LogP contribution in [0, 0.1) is 5.92 Å². The van der Waals surface area contributed by atoms with Gasteiger partial charge in [-0.1, -0.05) is 26.7 Å². The molecule has 0 aromatic carbocycles. The normalized spacial score (nSPS) is 20.2. The summed E-state index contributed by atoms with van der Waals surface area (Å²) in [7, 11) is 1.87. The first-order valence-electron chi connectivity index (χ1n) is 12.6. The molecule has 1 atom stereocenters. The second-order valence-corrected chi connectivity index (χ2v) is 9.37. The number of aliphatic imine (C=N–C) groups is 1. The zero-order valence-electron chi connectivity index (χ0n) is 20.5. The quantitative estimate of drug-likeness (QED) is 0.343. The third kappa shape index (κ3) is 7.89. The lowest BCUT2D eigenvalue weighted by molar-refractivity contribution is 0.161. The zero-order chi connectivity index (χ0) is 22.6. The Balaban J connectivity index is 1.32. The van der Waals surface area contributed by atoms with Gasteiger partial charge < -0.3 is 15.5 Å². The van der Waals surface area contributed by atoms with Gasteiger partial charge in [0.25, 0.3) is 0 Å². The van der Waals surface area contributed by atoms with Crippen molar-refractivity contribution in [2.45, 2.75) is 52.0 Å². The zero-order valence-corrected chi connectivity index (χ0v) is 20.5. The fraction of sp³-hybridized carbons (Fsp3) is 0.792. The molecule has 0 aliphatic carbocycles. The molecule has 2 aliphatic rings. The lowest BCUT2D eigenvalue weighted by Gasteiger charge is -2.35. The average Bonchev–Trinajstić information content (AvgIpc) is 3.11. The molecule has 1 unspecified atom stereocenters. The summed E-state index contributed by atoms with van der Waals surface area (Å²) in [4.78, 5) is 20.7. The van der Waals surface area contributed by atoms with Gasteiger partial charge in [0, 0.05) is 64.8 Å². The molecule has 2 aliphatic heterocycles. The van der Waals surface area contributed by atoms with Crippen molar-refractivity contribution in [2.24, 2.45) is 10.9 Å². The Morgan fingerprint density at radius 3 is 2.28 bits per heavy atom. The summed E-state index contributed by atoms with van der Waals surface area (Å²) in [5.74, 6) is 2.42. The Kier molecular flexibility index (Phi) is 10.5. The molecule has 2 saturated heterocycles. The molecule has 32 heavy (non-hydrogen) atoms. The number of hydrogen-bond donors (Lipinski definition) is 2. The van der Waals surface area contributed by atoms with E-state index in [1.54, 1.807) is 0 Å². The monoisotopic (exact) mass is 444 g/mol. The number of rotatable bonds is 9. The van der Waals surface area contributed by atoms with Crippen molar-refractivity contribution < 1.29 is 0 Å². The number of anilines is 1. The molecular weight excluding hydrogens is 400 g/mol. The standard InChI is InChI=1S/C24H44N8/c1-21(2)22(31-14-6-4-5-7-15-31)20-29-23(25-3)26-12-9-13-30-16-18-32(19-17-30)24-27-10-8-11-28-24/h8,10-11,21-22H,4-7,9,12-20H2,1-3H3,(H2,25,26,29). The Hall–Kier alpha value is -1.93. The smallest absolute Gasteiger partial charge is 0.225 e. The molecule has 3 rings (SSSR count). The molecule has 0 radical (unpaired) electrons. The lowest BCUT2D eigenvalue weighted by atomic mass is 10.0. The van der Waals surface area contributed by atoms with Gasteiger partial charge in [-0.3, -0.25) is 14.8 Å². The summed E-state index contributed by atoms with van der Waals surface area (Å²) in [6.07, 6.45) is 10.2. The van der Waals surface area contributed by atoms with E-state index >= 15 is 0 Å². The van der Waals surface area contributed by atoms with E-state index in [9.17, 15) is 0 Å². The van der Waals surface area contributed by atoms with Gasteiger partial charge in [0.05, 0.1) is 0 Å². The fourth-order valence-electron chi connectivity index (χ4n) is 4.77. The minimum atomic E-state index is 0.566. The van der Waals surface area contributed by atoms with Crippen LogP contribution in [-0.4, -0.2) is 97.7 Å². The van der Waals surface area contributed by atoms with Gasteiger partial charge in [0.2, 0.25) is 5.95 Å². The van der Waals surface area contributed by atoms with Crippen LogP contribution >= 0.6 is 0 Å². The topological polar surface area (TPSA) is 71.9 Å². The highest BCUT2D eigenvalue weighted by molar-refractivity contribution is 5.79. The predicted octanol–water partition coefficient (Wildman–Crippen LogP) is 2.05. The molecule has 3 heterocycles. The number of hydrogen-bond acceptors (Lipinski definition) is 6. The lowest BCUT2D eigenvalue weighted by Crippen LogP contribution is -2.50. The molecule has 180 valence electrons. The second-order valence-electron chi connectivity index (χ2n) is 9.37. The van der Waals surface area contributed by atoms with E-state index in [1.165, 1.54) is 38.8 Å². The number of likely N-dealkylation sites (tertiary alicyclic amines) is 1. The first kappa shape index (κ1) is 24.7. The van der Waals surface area contributed by atoms with Crippen molar-refractivity contribution in [3.8, 4) is 0 Å². The summed E-state index contributed by atoms with van der Waals surface area (Å²) in [5, 5.41) is 7.11. The van der Waals surface area contributed by atoms with E-state index in [1.807, 2.05) is 25.5 Å². The summed E-state index contributed by atoms with van der Waals surface area (Å²) in [6.45, 7) is 14.3. The molecule has 0 spiro atoms. The molecular formula is C24H44N8. The van der Waals surface area contributed by atoms with Gasteiger partial charge in [0.1, 0.15) is 0 Å². The molecule has 1 aromatic rings. The number of nitrogens with one attached hydrogen (secondary N) is 2. The molecule has 0 bridgehead atoms. The van der Waals surface area contributed by atoms with E-state index in [-0.39, 0.29) is 0 Å². The summed E-state index contributed by atoms with van der Waals surface area (Å²) < 4.78 is 0. The third-order valence-electron chi connectivity index (χ3n) is 6.73. The molecule has 0 amide bonds. The Bertz CT molecular complexity index is 649. The third-order valence-corrected chi connectivity index (χ3v) is 6.73. The highest BCUT2D eigenvalue weighted by atomic mass is 15.3. The van der Waals surface area contributed by atoms with Gasteiger partial charge in [-0.2, -0.15) is 0 Å². The fourth-order valence-corrected chi connectivity index (χ4v) is 4.77. The minimum absolute atomic E-state index is 0.566. The van der Waals surface area contributed by atoms with Crippen LogP contribution in [0.4, 0.5) is 5.95 Å². The minimum Gasteiger partial charge on any atom is -0.356 e. The first-order valence-corrected chi connectivity index (χ1v) is 12.6. The maximum absolute atomic E-state index is 4.45. The van der Waals surface area contributed by atoms with Crippen molar-refractivity contribution in [1.29, 1.82) is 0 Å². The van der Waals surface area contributed by atoms with Crippen molar-refractivity contribution in [3.63, 3.8) is 0 Å². The van der Waals surface area contributed by atoms with E-state index in [0.717, 1.165) is 64.1 Å². The Labute approximate surface area is 194 Å². The highest BCUT2D eigenvalue weighted by Gasteiger charge is 2.23. The number of piperazine rings is 1. The highest BCUT2D eigenvalue weighted by Crippen LogP contribution is 2.17. The van der Waals surface area contributed by atoms with E-state index in [4.69, 9.17) is 0 Å². The van der Waals surface area contributed by atoms with Crippen molar-refractivity contribution in [3.05, 3.63) is 18.5 Å². The van der Waals surface area contributed by atoms with Gasteiger partial charge in [-0.15, -0.1) is 0 Å². The van der Waals surface area contributed by atoms with E-state index < -0.39 is 0 Å². The van der Waals surface area contributed by atoms with Crippen LogP contribution < -0.4 is 15.5 Å². The largest absolute Gasteiger partial charge is 0.356 e. The maximum Gasteiger partial charge on any atom is 0.225 e. The Morgan fingerprint density at radius 1 is 0.969 bits per heavy atom. The van der Waals surface area contributed by atoms with Gasteiger partial charge in [-0.25, -0.2) is 9.97 Å². The van der Waals surface area contributed by atoms with Crippen LogP contribution in [-0.2, 0) is 0 Å². The van der Waals surface area contributed by atoms with Gasteiger partial charge in [-0.05, 0) is 50.9 Å². The molecule has 2 N–H and O–H groups in total. The van der Waals surface area contributed by atoms with Crippen LogP contribution in [0.5, 0.6) is 0 Å². The van der Waals surface area contributed by atoms with Crippen LogP contribution in [0.2, 0.25) is 0 Å². The second kappa shape index (κ2) is 13.6. The molecule has 8 nitrogen and oxygen atoms in total. The van der Waals surface area contributed by atoms with E-state index in [2.05, 4.69) is 54.1 Å². The molecule has 0 saturated carbocycles. The summed E-state index contributed by atoms with van der Waals surface area (Å²) in [5.41, 5.74) is 0. The maximum atomic E-state index is 4.45. The SMILES string of the molecule is CN=C(NCCCN1CCN(c2ncccn2)CC1)NCC(C(C)C)N1CCCCCC1. The first-order chi connectivity index (χ1) is 15.7. The average molecular weight is 445 g/mol. The molecule has 1 aromatic heterocycles. The van der Waals surface area contributed by atoms with Crippen LogP contribution in [0.15, 0.2) is 23.5 Å². The van der Waals surface area contributed by atoms with Crippen LogP contribution in [0.25, 0.3) is 0 Å². The summed E-state index contributed by atoms with van der Waals surface area (Å²) >= 11 is 0. The predicted molar refractivity (Wildman–Crippen MR) is 133 cm³/mol. The number of aromatic nitrogens is 2. The molecule has 8 heteroatoms. The summed E-state index contributed by atoms with van der Waals surface area (Å²) in [6, 6.07) is 2.43. The van der Waals surface area contributed by atoms with Crippen molar-refractivity contribution in [1.82, 2.24) is 30.4 Å². The Morgan fingerprint density at radius 2 is 1.66 bits per heavy atom. The van der Waals surface area contributed by atoms with Gasteiger partial charge in [0.15, 0.2) is 5.96 Å². The number of nitrogens with zero attached hydrogens (tertiary/aromatic N) is 6. The van der Waals surface area contributed by atoms with Crippen molar-refractivity contribution in [2.75, 3.05) is 70.9 Å². The molecule has 2 fully saturated rings.